The van der Waals surface area contributed by atoms with Crippen molar-refractivity contribution in [2.24, 2.45) is 5.92 Å². The summed E-state index contributed by atoms with van der Waals surface area (Å²) in [5.74, 6) is 0.838. The first kappa shape index (κ1) is 19.5. The van der Waals surface area contributed by atoms with E-state index in [-0.39, 0.29) is 6.10 Å². The molecule has 0 unspecified atom stereocenters. The van der Waals surface area contributed by atoms with Crippen LogP contribution in [0.2, 0.25) is 0 Å². The van der Waals surface area contributed by atoms with Crippen LogP contribution < -0.4 is 14.8 Å². The maximum Gasteiger partial charge on any atom is 0.171 e. The molecule has 32 heavy (non-hydrogen) atoms. The van der Waals surface area contributed by atoms with Crippen LogP contribution >= 0.6 is 0 Å². The van der Waals surface area contributed by atoms with E-state index in [1.165, 1.54) is 6.07 Å². The van der Waals surface area contributed by atoms with Gasteiger partial charge in [-0.25, -0.2) is 8.78 Å². The molecular formula is C25H23F2N3O2. The fourth-order valence-electron chi connectivity index (χ4n) is 4.96. The first-order valence-corrected chi connectivity index (χ1v) is 11.0. The number of H-pyrrole nitrogens is 1. The molecule has 1 aliphatic carbocycles. The van der Waals surface area contributed by atoms with Crippen molar-refractivity contribution in [1.82, 2.24) is 15.3 Å². The largest absolute Gasteiger partial charge is 0.486 e. The zero-order valence-corrected chi connectivity index (χ0v) is 17.5. The van der Waals surface area contributed by atoms with Crippen LogP contribution in [0.15, 0.2) is 42.6 Å². The number of aryl methyl sites for hydroxylation is 1. The Bertz CT molecular complexity index is 1320. The smallest absolute Gasteiger partial charge is 0.171 e. The Hall–Kier alpha value is -3.19. The third kappa shape index (κ3) is 3.37. The summed E-state index contributed by atoms with van der Waals surface area (Å²) in [6, 6.07) is 10.1. The maximum atomic E-state index is 14.1. The van der Waals surface area contributed by atoms with Crippen molar-refractivity contribution < 1.29 is 18.3 Å². The van der Waals surface area contributed by atoms with Gasteiger partial charge < -0.3 is 19.8 Å². The molecule has 164 valence electrons. The first-order chi connectivity index (χ1) is 15.7. The molecule has 2 atom stereocenters. The molecule has 2 aromatic carbocycles. The Morgan fingerprint density at radius 2 is 2.06 bits per heavy atom. The van der Waals surface area contributed by atoms with E-state index in [9.17, 15) is 8.78 Å². The van der Waals surface area contributed by atoms with Gasteiger partial charge in [-0.15, -0.1) is 0 Å². The summed E-state index contributed by atoms with van der Waals surface area (Å²) in [5, 5.41) is 5.14. The van der Waals surface area contributed by atoms with Crippen LogP contribution in [0.1, 0.15) is 17.7 Å². The highest BCUT2D eigenvalue weighted by Gasteiger charge is 2.26. The summed E-state index contributed by atoms with van der Waals surface area (Å²) in [4.78, 5) is 7.54. The minimum atomic E-state index is -0.533. The first-order valence-electron chi connectivity index (χ1n) is 11.0. The SMILES string of the molecule is Fc1cc(F)c2[nH]c3c(c2c1)C[C@@H](CNC[C@H]1COc2ccc4ncccc4c2O1)CC3. The number of nitrogens with zero attached hydrogens (tertiary/aromatic N) is 1. The molecule has 6 rings (SSSR count). The number of rotatable bonds is 4. The van der Waals surface area contributed by atoms with Gasteiger partial charge in [0, 0.05) is 35.3 Å². The van der Waals surface area contributed by atoms with E-state index in [0.717, 1.165) is 65.5 Å². The van der Waals surface area contributed by atoms with Crippen LogP contribution in [-0.2, 0) is 12.8 Å². The minimum Gasteiger partial charge on any atom is -0.486 e. The lowest BCUT2D eigenvalue weighted by atomic mass is 9.86. The van der Waals surface area contributed by atoms with Crippen molar-refractivity contribution in [3.63, 3.8) is 0 Å². The quantitative estimate of drug-likeness (QED) is 0.495. The number of hydrogen-bond acceptors (Lipinski definition) is 4. The highest BCUT2D eigenvalue weighted by molar-refractivity contribution is 5.88. The zero-order chi connectivity index (χ0) is 21.7. The molecule has 2 aromatic heterocycles. The van der Waals surface area contributed by atoms with Gasteiger partial charge in [0.25, 0.3) is 0 Å². The summed E-state index contributed by atoms with van der Waals surface area (Å²) in [7, 11) is 0. The average molecular weight is 435 g/mol. The number of pyridine rings is 1. The van der Waals surface area contributed by atoms with Crippen LogP contribution in [0, 0.1) is 17.6 Å². The number of aromatic nitrogens is 2. The lowest BCUT2D eigenvalue weighted by Gasteiger charge is -2.29. The third-order valence-electron chi connectivity index (χ3n) is 6.53. The van der Waals surface area contributed by atoms with Gasteiger partial charge in [-0.05, 0) is 67.6 Å². The van der Waals surface area contributed by atoms with Gasteiger partial charge in [-0.2, -0.15) is 0 Å². The number of hydrogen-bond donors (Lipinski definition) is 2. The summed E-state index contributed by atoms with van der Waals surface area (Å²) in [5.41, 5.74) is 3.37. The van der Waals surface area contributed by atoms with Gasteiger partial charge in [-0.3, -0.25) is 4.98 Å². The topological polar surface area (TPSA) is 59.2 Å². The minimum absolute atomic E-state index is 0.0938. The summed E-state index contributed by atoms with van der Waals surface area (Å²) in [6.45, 7) is 1.96. The molecule has 0 bridgehead atoms. The molecule has 0 spiro atoms. The molecule has 7 heteroatoms. The molecule has 0 fully saturated rings. The van der Waals surface area contributed by atoms with Crippen molar-refractivity contribution in [1.29, 1.82) is 0 Å². The van der Waals surface area contributed by atoms with Gasteiger partial charge in [0.1, 0.15) is 24.3 Å². The van der Waals surface area contributed by atoms with E-state index in [4.69, 9.17) is 9.47 Å². The monoisotopic (exact) mass is 435 g/mol. The van der Waals surface area contributed by atoms with Crippen molar-refractivity contribution in [2.75, 3.05) is 19.7 Å². The Balaban J connectivity index is 1.11. The standard InChI is InChI=1S/C25H23F2N3O2/c26-15-9-19-18-8-14(3-4-22(18)30-24(19)20(27)10-15)11-28-12-16-13-31-23-6-5-21-17(25(23)32-16)2-1-7-29-21/h1-2,5-7,9-10,14,16,28,30H,3-4,8,11-13H2/t14-,16-/m0/s1. The molecular weight excluding hydrogens is 412 g/mol. The number of ether oxygens (including phenoxy) is 2. The number of fused-ring (bicyclic) bond motifs is 6. The third-order valence-corrected chi connectivity index (χ3v) is 6.53. The summed E-state index contributed by atoms with van der Waals surface area (Å²) >= 11 is 0. The van der Waals surface area contributed by atoms with Crippen LogP contribution in [-0.4, -0.2) is 35.8 Å². The number of halogens is 2. The lowest BCUT2D eigenvalue weighted by Crippen LogP contribution is -2.40. The van der Waals surface area contributed by atoms with Crippen LogP contribution in [0.25, 0.3) is 21.8 Å². The number of aromatic amines is 1. The van der Waals surface area contributed by atoms with E-state index < -0.39 is 11.6 Å². The van der Waals surface area contributed by atoms with Gasteiger partial charge >= 0.3 is 0 Å². The predicted octanol–water partition coefficient (Wildman–Crippen LogP) is 4.53. The Morgan fingerprint density at radius 1 is 1.12 bits per heavy atom. The average Bonchev–Trinajstić information content (AvgIpc) is 3.17. The molecule has 2 N–H and O–H groups in total. The molecule has 0 radical (unpaired) electrons. The summed E-state index contributed by atoms with van der Waals surface area (Å²) in [6.07, 6.45) is 4.31. The van der Waals surface area contributed by atoms with Crippen molar-refractivity contribution in [3.8, 4) is 11.5 Å². The molecule has 1 aliphatic heterocycles. The van der Waals surface area contributed by atoms with E-state index in [1.54, 1.807) is 6.20 Å². The fraction of sp³-hybridized carbons (Fsp3) is 0.320. The molecule has 2 aliphatic rings. The molecule has 5 nitrogen and oxygen atoms in total. The number of nitrogens with one attached hydrogen (secondary N) is 2. The van der Waals surface area contributed by atoms with Gasteiger partial charge in [0.2, 0.25) is 0 Å². The van der Waals surface area contributed by atoms with Crippen molar-refractivity contribution in [3.05, 3.63) is 65.5 Å². The highest BCUT2D eigenvalue weighted by atomic mass is 19.1. The van der Waals surface area contributed by atoms with Crippen LogP contribution in [0.4, 0.5) is 8.78 Å². The molecule has 0 saturated heterocycles. The van der Waals surface area contributed by atoms with Gasteiger partial charge in [-0.1, -0.05) is 0 Å². The predicted molar refractivity (Wildman–Crippen MR) is 118 cm³/mol. The van der Waals surface area contributed by atoms with Crippen molar-refractivity contribution in [2.45, 2.75) is 25.4 Å². The number of benzene rings is 2. The van der Waals surface area contributed by atoms with E-state index in [2.05, 4.69) is 15.3 Å². The van der Waals surface area contributed by atoms with Crippen molar-refractivity contribution >= 4 is 21.8 Å². The second-order valence-electron chi connectivity index (χ2n) is 8.67. The normalized spacial score (nSPS) is 19.9. The van der Waals surface area contributed by atoms with E-state index >= 15 is 0 Å². The molecule has 4 aromatic rings. The highest BCUT2D eigenvalue weighted by Crippen LogP contribution is 2.38. The Morgan fingerprint density at radius 3 is 3.00 bits per heavy atom. The van der Waals surface area contributed by atoms with Crippen LogP contribution in [0.3, 0.4) is 0 Å². The molecule has 0 saturated carbocycles. The zero-order valence-electron chi connectivity index (χ0n) is 17.5. The second-order valence-corrected chi connectivity index (χ2v) is 8.67. The second kappa shape index (κ2) is 7.74. The van der Waals surface area contributed by atoms with E-state index in [0.29, 0.717) is 30.0 Å². The molecule has 3 heterocycles. The Kier molecular flexibility index (Phi) is 4.72. The van der Waals surface area contributed by atoms with E-state index in [1.807, 2.05) is 24.3 Å². The fourth-order valence-corrected chi connectivity index (χ4v) is 4.96. The maximum absolute atomic E-state index is 14.1. The van der Waals surface area contributed by atoms with Crippen LogP contribution in [0.5, 0.6) is 11.5 Å². The lowest BCUT2D eigenvalue weighted by molar-refractivity contribution is 0.0915. The molecule has 0 amide bonds. The summed E-state index contributed by atoms with van der Waals surface area (Å²) < 4.78 is 40.1. The van der Waals surface area contributed by atoms with Gasteiger partial charge in [0.05, 0.1) is 11.0 Å². The Labute approximate surface area is 183 Å². The van der Waals surface area contributed by atoms with Gasteiger partial charge in [0.15, 0.2) is 11.5 Å².